The van der Waals surface area contributed by atoms with Gasteiger partial charge in [0.15, 0.2) is 11.6 Å². The number of fused-ring (bicyclic) bond motifs is 2. The number of benzene rings is 2. The van der Waals surface area contributed by atoms with E-state index in [0.29, 0.717) is 21.8 Å². The molecule has 0 aliphatic carbocycles. The van der Waals surface area contributed by atoms with Crippen LogP contribution in [0.1, 0.15) is 43.5 Å². The molecule has 3 nitrogen and oxygen atoms in total. The molecule has 132 valence electrons. The Morgan fingerprint density at radius 3 is 2.62 bits per heavy atom. The summed E-state index contributed by atoms with van der Waals surface area (Å²) in [6, 6.07) is 9.93. The molecule has 0 amide bonds. The lowest BCUT2D eigenvalue weighted by atomic mass is 9.77. The number of nitrogens with zero attached hydrogens (tertiary/aromatic N) is 3. The van der Waals surface area contributed by atoms with Crippen molar-refractivity contribution in [2.45, 2.75) is 32.2 Å². The van der Waals surface area contributed by atoms with E-state index in [0.717, 1.165) is 17.2 Å². The summed E-state index contributed by atoms with van der Waals surface area (Å²) in [5, 5.41) is 9.17. The zero-order valence-electron chi connectivity index (χ0n) is 14.5. The highest BCUT2D eigenvalue weighted by molar-refractivity contribution is 6.32. The first kappa shape index (κ1) is 17.0. The minimum atomic E-state index is -0.996. The topological polar surface area (TPSA) is 38.1 Å². The first-order valence-electron chi connectivity index (χ1n) is 8.30. The fraction of sp³-hybridized carbons (Fsp3) is 0.250. The number of aromatic nitrogens is 2. The van der Waals surface area contributed by atoms with Crippen LogP contribution in [0.15, 0.2) is 41.4 Å². The minimum Gasteiger partial charge on any atom is -0.276 e. The Hall–Kier alpha value is -2.40. The summed E-state index contributed by atoms with van der Waals surface area (Å²) < 4.78 is 27.3. The van der Waals surface area contributed by atoms with E-state index in [2.05, 4.69) is 17.1 Å². The van der Waals surface area contributed by atoms with E-state index in [1.165, 1.54) is 6.07 Å². The highest BCUT2D eigenvalue weighted by Crippen LogP contribution is 2.42. The second-order valence-corrected chi connectivity index (χ2v) is 7.47. The highest BCUT2D eigenvalue weighted by Gasteiger charge is 2.36. The number of rotatable bonds is 1. The van der Waals surface area contributed by atoms with E-state index >= 15 is 0 Å². The smallest absolute Gasteiger partial charge is 0.186 e. The first-order chi connectivity index (χ1) is 12.3. The Kier molecular flexibility index (Phi) is 3.81. The van der Waals surface area contributed by atoms with Gasteiger partial charge < -0.3 is 0 Å². The van der Waals surface area contributed by atoms with E-state index in [-0.39, 0.29) is 11.4 Å². The standard InChI is InChI=1S/C20H16ClF2N3/c1-10-16-12(5-4-6-13(16)21)19(24-20(10,2)3)15-9-11-7-8-14(22)17(23)18(11)26-25-15/h4-10H,1-3H3. The van der Waals surface area contributed by atoms with E-state index in [1.807, 2.05) is 32.0 Å². The molecule has 2 aromatic carbocycles. The molecule has 0 saturated heterocycles. The van der Waals surface area contributed by atoms with Crippen LogP contribution >= 0.6 is 11.6 Å². The lowest BCUT2D eigenvalue weighted by molar-refractivity contribution is 0.432. The van der Waals surface area contributed by atoms with Crippen LogP contribution in [0.5, 0.6) is 0 Å². The van der Waals surface area contributed by atoms with Gasteiger partial charge in [-0.15, -0.1) is 10.2 Å². The molecule has 0 fully saturated rings. The van der Waals surface area contributed by atoms with Crippen LogP contribution in [0.2, 0.25) is 5.02 Å². The average Bonchev–Trinajstić information content (AvgIpc) is 2.61. The third kappa shape index (κ3) is 2.50. The van der Waals surface area contributed by atoms with Crippen LogP contribution in [0.3, 0.4) is 0 Å². The van der Waals surface area contributed by atoms with E-state index in [4.69, 9.17) is 16.6 Å². The van der Waals surface area contributed by atoms with Gasteiger partial charge in [0, 0.05) is 21.9 Å². The Morgan fingerprint density at radius 2 is 1.85 bits per heavy atom. The molecule has 0 bridgehead atoms. The van der Waals surface area contributed by atoms with Crippen molar-refractivity contribution in [2.24, 2.45) is 4.99 Å². The molecule has 26 heavy (non-hydrogen) atoms. The average molecular weight is 372 g/mol. The maximum atomic E-state index is 13.9. The van der Waals surface area contributed by atoms with Gasteiger partial charge in [-0.1, -0.05) is 30.7 Å². The van der Waals surface area contributed by atoms with Gasteiger partial charge in [0.05, 0.1) is 11.3 Å². The fourth-order valence-electron chi connectivity index (χ4n) is 3.35. The normalized spacial score (nSPS) is 18.5. The van der Waals surface area contributed by atoms with Gasteiger partial charge in [0.2, 0.25) is 0 Å². The van der Waals surface area contributed by atoms with Gasteiger partial charge in [-0.25, -0.2) is 8.78 Å². The fourth-order valence-corrected chi connectivity index (χ4v) is 3.68. The summed E-state index contributed by atoms with van der Waals surface area (Å²) in [5.74, 6) is -1.82. The maximum Gasteiger partial charge on any atom is 0.186 e. The monoisotopic (exact) mass is 371 g/mol. The molecule has 0 saturated carbocycles. The van der Waals surface area contributed by atoms with Crippen molar-refractivity contribution in [3.05, 3.63) is 69.9 Å². The highest BCUT2D eigenvalue weighted by atomic mass is 35.5. The summed E-state index contributed by atoms with van der Waals surface area (Å²) in [6.07, 6.45) is 0. The van der Waals surface area contributed by atoms with Crippen molar-refractivity contribution in [1.82, 2.24) is 10.2 Å². The quantitative estimate of drug-likeness (QED) is 0.582. The molecule has 3 aromatic rings. The van der Waals surface area contributed by atoms with Gasteiger partial charge in [-0.3, -0.25) is 4.99 Å². The van der Waals surface area contributed by atoms with Gasteiger partial charge in [0.25, 0.3) is 0 Å². The Bertz CT molecular complexity index is 1080. The number of hydrogen-bond acceptors (Lipinski definition) is 3. The predicted octanol–water partition coefficient (Wildman–Crippen LogP) is 5.29. The van der Waals surface area contributed by atoms with Crippen molar-refractivity contribution in [3.8, 4) is 0 Å². The number of aliphatic imine (C=N–C) groups is 1. The molecule has 1 aliphatic rings. The van der Waals surface area contributed by atoms with E-state index < -0.39 is 17.2 Å². The largest absolute Gasteiger partial charge is 0.276 e. The summed E-state index contributed by atoms with van der Waals surface area (Å²) in [4.78, 5) is 4.88. The lowest BCUT2D eigenvalue weighted by Gasteiger charge is -2.35. The summed E-state index contributed by atoms with van der Waals surface area (Å²) >= 11 is 6.47. The van der Waals surface area contributed by atoms with E-state index in [1.54, 1.807) is 6.07 Å². The Labute approximate surface area is 154 Å². The van der Waals surface area contributed by atoms with Crippen LogP contribution in [-0.4, -0.2) is 21.4 Å². The van der Waals surface area contributed by atoms with Gasteiger partial charge >= 0.3 is 0 Å². The third-order valence-corrected chi connectivity index (χ3v) is 5.42. The summed E-state index contributed by atoms with van der Waals surface area (Å²) in [5.41, 5.74) is 2.58. The minimum absolute atomic E-state index is 0.0934. The molecule has 0 radical (unpaired) electrons. The molecule has 1 atom stereocenters. The molecule has 1 unspecified atom stereocenters. The van der Waals surface area contributed by atoms with Gasteiger partial charge in [-0.05, 0) is 43.7 Å². The first-order valence-corrected chi connectivity index (χ1v) is 8.68. The Balaban J connectivity index is 1.97. The lowest BCUT2D eigenvalue weighted by Crippen LogP contribution is -2.33. The SMILES string of the molecule is CC1c2c(Cl)cccc2C(c2cc3ccc(F)c(F)c3nn2)=NC1(C)C. The van der Waals surface area contributed by atoms with Crippen LogP contribution < -0.4 is 0 Å². The summed E-state index contributed by atoms with van der Waals surface area (Å²) in [7, 11) is 0. The Morgan fingerprint density at radius 1 is 1.08 bits per heavy atom. The molecular weight excluding hydrogens is 356 g/mol. The van der Waals surface area contributed by atoms with Gasteiger partial charge in [0.1, 0.15) is 11.2 Å². The molecule has 0 N–H and O–H groups in total. The molecule has 6 heteroatoms. The van der Waals surface area contributed by atoms with Crippen molar-refractivity contribution >= 4 is 28.2 Å². The molecule has 4 rings (SSSR count). The molecule has 0 spiro atoms. The number of hydrogen-bond donors (Lipinski definition) is 0. The molecule has 1 aromatic heterocycles. The molecule has 1 aliphatic heterocycles. The maximum absolute atomic E-state index is 13.9. The third-order valence-electron chi connectivity index (χ3n) is 5.09. The van der Waals surface area contributed by atoms with Gasteiger partial charge in [-0.2, -0.15) is 0 Å². The number of halogens is 3. The van der Waals surface area contributed by atoms with Crippen LogP contribution in [0, 0.1) is 11.6 Å². The zero-order chi connectivity index (χ0) is 18.6. The second-order valence-electron chi connectivity index (χ2n) is 7.07. The molecular formula is C20H16ClF2N3. The van der Waals surface area contributed by atoms with Crippen LogP contribution in [0.4, 0.5) is 8.78 Å². The van der Waals surface area contributed by atoms with Crippen molar-refractivity contribution in [3.63, 3.8) is 0 Å². The van der Waals surface area contributed by atoms with Crippen molar-refractivity contribution in [1.29, 1.82) is 0 Å². The van der Waals surface area contributed by atoms with Crippen LogP contribution in [0.25, 0.3) is 10.9 Å². The predicted molar refractivity (Wildman–Crippen MR) is 99.0 cm³/mol. The van der Waals surface area contributed by atoms with Crippen molar-refractivity contribution < 1.29 is 8.78 Å². The van der Waals surface area contributed by atoms with E-state index in [9.17, 15) is 8.78 Å². The van der Waals surface area contributed by atoms with Crippen LogP contribution in [-0.2, 0) is 0 Å². The van der Waals surface area contributed by atoms with Crippen molar-refractivity contribution in [2.75, 3.05) is 0 Å². The molecule has 2 heterocycles. The zero-order valence-corrected chi connectivity index (χ0v) is 15.3. The summed E-state index contributed by atoms with van der Waals surface area (Å²) in [6.45, 7) is 6.16. The second kappa shape index (κ2) is 5.81.